The summed E-state index contributed by atoms with van der Waals surface area (Å²) in [5.41, 5.74) is 3.19. The first-order valence-corrected chi connectivity index (χ1v) is 12.0. The van der Waals surface area contributed by atoms with Gasteiger partial charge in [-0.1, -0.05) is 37.5 Å². The van der Waals surface area contributed by atoms with Crippen LogP contribution in [0.2, 0.25) is 0 Å². The predicted octanol–water partition coefficient (Wildman–Crippen LogP) is 5.82. The molecule has 3 aromatic heterocycles. The van der Waals surface area contributed by atoms with Gasteiger partial charge in [0, 0.05) is 17.4 Å². The third kappa shape index (κ3) is 4.66. The second kappa shape index (κ2) is 9.54. The summed E-state index contributed by atoms with van der Waals surface area (Å²) in [6.45, 7) is 0.463. The van der Waals surface area contributed by atoms with E-state index < -0.39 is 6.09 Å². The van der Waals surface area contributed by atoms with Crippen LogP contribution in [0, 0.1) is 5.92 Å². The molecule has 1 aliphatic carbocycles. The first-order valence-electron chi connectivity index (χ1n) is 11.1. The molecule has 1 saturated carbocycles. The van der Waals surface area contributed by atoms with Gasteiger partial charge in [-0.25, -0.2) is 14.3 Å². The fourth-order valence-electron chi connectivity index (χ4n) is 4.27. The highest BCUT2D eigenvalue weighted by Crippen LogP contribution is 2.26. The van der Waals surface area contributed by atoms with Crippen molar-refractivity contribution < 1.29 is 14.3 Å². The van der Waals surface area contributed by atoms with E-state index in [-0.39, 0.29) is 5.78 Å². The lowest BCUT2D eigenvalue weighted by atomic mass is 9.90. The Morgan fingerprint density at radius 3 is 2.82 bits per heavy atom. The van der Waals surface area contributed by atoms with Crippen molar-refractivity contribution in [1.29, 1.82) is 0 Å². The van der Waals surface area contributed by atoms with Crippen molar-refractivity contribution in [1.82, 2.24) is 14.6 Å². The summed E-state index contributed by atoms with van der Waals surface area (Å²) in [5, 5.41) is 9.12. The van der Waals surface area contributed by atoms with Crippen molar-refractivity contribution in [3.8, 4) is 11.3 Å². The average Bonchev–Trinajstić information content (AvgIpc) is 3.54. The number of fused-ring (bicyclic) bond motifs is 1. The molecule has 33 heavy (non-hydrogen) atoms. The molecule has 0 saturated heterocycles. The lowest BCUT2D eigenvalue weighted by Gasteiger charge is -2.21. The minimum atomic E-state index is -0.444. The largest absolute Gasteiger partial charge is 0.449 e. The van der Waals surface area contributed by atoms with Crippen molar-refractivity contribution in [2.45, 2.75) is 32.1 Å². The van der Waals surface area contributed by atoms with E-state index in [0.717, 1.165) is 24.1 Å². The van der Waals surface area contributed by atoms with Crippen molar-refractivity contribution in [2.75, 3.05) is 11.9 Å². The van der Waals surface area contributed by atoms with E-state index in [9.17, 15) is 9.59 Å². The Labute approximate surface area is 195 Å². The summed E-state index contributed by atoms with van der Waals surface area (Å²) in [7, 11) is 0. The number of carbonyl (C=O) groups is 2. The topological polar surface area (TPSA) is 85.6 Å². The number of rotatable bonds is 6. The van der Waals surface area contributed by atoms with Gasteiger partial charge >= 0.3 is 6.09 Å². The van der Waals surface area contributed by atoms with Gasteiger partial charge in [-0.05, 0) is 48.4 Å². The summed E-state index contributed by atoms with van der Waals surface area (Å²) < 4.78 is 7.11. The lowest BCUT2D eigenvalue weighted by Crippen LogP contribution is -2.20. The van der Waals surface area contributed by atoms with Gasteiger partial charge in [-0.15, -0.1) is 11.3 Å². The molecule has 1 N–H and O–H groups in total. The van der Waals surface area contributed by atoms with Crippen LogP contribution in [0.3, 0.4) is 0 Å². The molecule has 7 nitrogen and oxygen atoms in total. The minimum Gasteiger partial charge on any atom is -0.449 e. The minimum absolute atomic E-state index is 0.0965. The highest BCUT2D eigenvalue weighted by Gasteiger charge is 2.19. The van der Waals surface area contributed by atoms with Gasteiger partial charge in [0.15, 0.2) is 5.65 Å². The molecule has 1 amide bonds. The van der Waals surface area contributed by atoms with E-state index in [2.05, 4.69) is 15.4 Å². The maximum absolute atomic E-state index is 12.8. The summed E-state index contributed by atoms with van der Waals surface area (Å²) in [5.74, 6) is 0.368. The number of thiophene rings is 1. The zero-order valence-electron chi connectivity index (χ0n) is 18.1. The molecular formula is C25H24N4O3S. The molecule has 0 bridgehead atoms. The summed E-state index contributed by atoms with van der Waals surface area (Å²) in [6.07, 6.45) is 8.73. The SMILES string of the molecule is O=C(Nc1cccc(-c2ccnc3c(C(=O)c4cccs4)cnn23)c1)OCC1CCCCC1. The zero-order chi connectivity index (χ0) is 22.6. The quantitative estimate of drug-likeness (QED) is 0.367. The van der Waals surface area contributed by atoms with Crippen LogP contribution in [0.25, 0.3) is 16.9 Å². The number of aromatic nitrogens is 3. The van der Waals surface area contributed by atoms with Gasteiger partial charge in [0.25, 0.3) is 0 Å². The van der Waals surface area contributed by atoms with Crippen LogP contribution >= 0.6 is 11.3 Å². The van der Waals surface area contributed by atoms with Crippen LogP contribution in [0.1, 0.15) is 47.3 Å². The number of anilines is 1. The van der Waals surface area contributed by atoms with E-state index in [1.165, 1.54) is 30.6 Å². The van der Waals surface area contributed by atoms with Gasteiger partial charge in [-0.3, -0.25) is 10.1 Å². The summed E-state index contributed by atoms with van der Waals surface area (Å²) in [6, 6.07) is 12.9. The smallest absolute Gasteiger partial charge is 0.411 e. The van der Waals surface area contributed by atoms with E-state index in [1.807, 2.05) is 41.8 Å². The molecule has 5 rings (SSSR count). The first kappa shape index (κ1) is 21.3. The third-order valence-electron chi connectivity index (χ3n) is 5.97. The molecule has 1 aromatic carbocycles. The number of benzene rings is 1. The summed E-state index contributed by atoms with van der Waals surface area (Å²) >= 11 is 1.39. The molecule has 0 aliphatic heterocycles. The molecule has 0 radical (unpaired) electrons. The maximum atomic E-state index is 12.8. The number of nitrogens with one attached hydrogen (secondary N) is 1. The van der Waals surface area contributed by atoms with Crippen molar-refractivity contribution in [3.05, 3.63) is 70.7 Å². The molecule has 8 heteroatoms. The van der Waals surface area contributed by atoms with Crippen LogP contribution in [-0.2, 0) is 4.74 Å². The van der Waals surface area contributed by atoms with Crippen LogP contribution in [0.5, 0.6) is 0 Å². The molecule has 1 fully saturated rings. The molecule has 4 aromatic rings. The average molecular weight is 461 g/mol. The first-order chi connectivity index (χ1) is 16.2. The van der Waals surface area contributed by atoms with Crippen molar-refractivity contribution >= 4 is 34.5 Å². The molecule has 0 atom stereocenters. The summed E-state index contributed by atoms with van der Waals surface area (Å²) in [4.78, 5) is 30.2. The van der Waals surface area contributed by atoms with E-state index in [1.54, 1.807) is 23.0 Å². The number of ether oxygens (including phenoxy) is 1. The number of amides is 1. The second-order valence-corrected chi connectivity index (χ2v) is 9.19. The van der Waals surface area contributed by atoms with Crippen LogP contribution in [0.4, 0.5) is 10.5 Å². The Bertz CT molecular complexity index is 1280. The standard InChI is InChI=1S/C25H24N4O3S/c30-23(22-10-5-13-33-22)20-15-27-29-21(11-12-26-24(20)29)18-8-4-9-19(14-18)28-25(31)32-16-17-6-2-1-3-7-17/h4-5,8-15,17H,1-3,6-7,16H2,(H,28,31). The molecule has 168 valence electrons. The van der Waals surface area contributed by atoms with Crippen molar-refractivity contribution in [3.63, 3.8) is 0 Å². The predicted molar refractivity (Wildman–Crippen MR) is 128 cm³/mol. The number of ketones is 1. The van der Waals surface area contributed by atoms with E-state index >= 15 is 0 Å². The fraction of sp³-hybridized carbons (Fsp3) is 0.280. The van der Waals surface area contributed by atoms with E-state index in [0.29, 0.717) is 34.3 Å². The highest BCUT2D eigenvalue weighted by atomic mass is 32.1. The molecule has 0 spiro atoms. The molecule has 3 heterocycles. The van der Waals surface area contributed by atoms with Gasteiger partial charge in [0.05, 0.1) is 28.9 Å². The zero-order valence-corrected chi connectivity index (χ0v) is 18.9. The van der Waals surface area contributed by atoms with Crippen LogP contribution < -0.4 is 5.32 Å². The molecule has 0 unspecified atom stereocenters. The number of hydrogen-bond acceptors (Lipinski definition) is 6. The highest BCUT2D eigenvalue weighted by molar-refractivity contribution is 7.12. The van der Waals surface area contributed by atoms with E-state index in [4.69, 9.17) is 4.74 Å². The Morgan fingerprint density at radius 2 is 2.00 bits per heavy atom. The Balaban J connectivity index is 1.34. The van der Waals surface area contributed by atoms with Gasteiger partial charge in [0.1, 0.15) is 0 Å². The Morgan fingerprint density at radius 1 is 1.12 bits per heavy atom. The normalized spacial score (nSPS) is 14.3. The third-order valence-corrected chi connectivity index (χ3v) is 6.84. The van der Waals surface area contributed by atoms with Gasteiger partial charge < -0.3 is 4.74 Å². The maximum Gasteiger partial charge on any atom is 0.411 e. The van der Waals surface area contributed by atoms with Gasteiger partial charge in [-0.2, -0.15) is 5.10 Å². The fourth-order valence-corrected chi connectivity index (χ4v) is 4.95. The van der Waals surface area contributed by atoms with Crippen LogP contribution in [0.15, 0.2) is 60.2 Å². The van der Waals surface area contributed by atoms with Crippen LogP contribution in [-0.4, -0.2) is 33.1 Å². The van der Waals surface area contributed by atoms with Crippen molar-refractivity contribution in [2.24, 2.45) is 5.92 Å². The molecular weight excluding hydrogens is 436 g/mol. The Hall–Kier alpha value is -3.52. The molecule has 1 aliphatic rings. The number of hydrogen-bond donors (Lipinski definition) is 1. The Kier molecular flexibility index (Phi) is 6.17. The second-order valence-electron chi connectivity index (χ2n) is 8.24. The number of nitrogens with zero attached hydrogens (tertiary/aromatic N) is 3. The number of carbonyl (C=O) groups excluding carboxylic acids is 2. The monoisotopic (exact) mass is 460 g/mol. The lowest BCUT2D eigenvalue weighted by molar-refractivity contribution is 0.104. The van der Waals surface area contributed by atoms with Gasteiger partial charge in [0.2, 0.25) is 5.78 Å².